The minimum absolute atomic E-state index is 0.351. The van der Waals surface area contributed by atoms with Crippen LogP contribution in [0.3, 0.4) is 0 Å². The van der Waals surface area contributed by atoms with Gasteiger partial charge in [0.1, 0.15) is 11.0 Å². The molecule has 0 aliphatic rings. The predicted molar refractivity (Wildman–Crippen MR) is 75.8 cm³/mol. The lowest BCUT2D eigenvalue weighted by Gasteiger charge is -2.10. The van der Waals surface area contributed by atoms with Crippen LogP contribution in [0.4, 0.5) is 0 Å². The van der Waals surface area contributed by atoms with Gasteiger partial charge in [0, 0.05) is 12.5 Å². The molecule has 1 heterocycles. The molecule has 0 fully saturated rings. The Balaban J connectivity index is 1.97. The van der Waals surface area contributed by atoms with Crippen LogP contribution in [0.25, 0.3) is 0 Å². The van der Waals surface area contributed by atoms with E-state index in [-0.39, 0.29) is 0 Å². The summed E-state index contributed by atoms with van der Waals surface area (Å²) >= 11 is 5.88. The molecule has 0 aliphatic heterocycles. The van der Waals surface area contributed by atoms with Crippen LogP contribution in [0.15, 0.2) is 30.3 Å². The van der Waals surface area contributed by atoms with E-state index in [0.29, 0.717) is 41.4 Å². The Morgan fingerprint density at radius 1 is 1.05 bits per heavy atom. The van der Waals surface area contributed by atoms with E-state index in [2.05, 4.69) is 9.97 Å². The highest BCUT2D eigenvalue weighted by Crippen LogP contribution is 2.25. The highest BCUT2D eigenvalue weighted by atomic mass is 35.5. The summed E-state index contributed by atoms with van der Waals surface area (Å²) in [7, 11) is 3.14. The van der Waals surface area contributed by atoms with Crippen molar-refractivity contribution in [1.29, 1.82) is 0 Å². The van der Waals surface area contributed by atoms with Crippen molar-refractivity contribution in [3.63, 3.8) is 0 Å². The number of aromatic nitrogens is 2. The average molecular weight is 295 g/mol. The summed E-state index contributed by atoms with van der Waals surface area (Å²) in [5, 5.41) is 0.351. The second-order valence-electron chi connectivity index (χ2n) is 3.90. The second kappa shape index (κ2) is 6.96. The molecule has 2 rings (SSSR count). The molecule has 0 amide bonds. The number of hydrogen-bond acceptors (Lipinski definition) is 5. The molecule has 0 bridgehead atoms. The molecule has 0 saturated carbocycles. The zero-order chi connectivity index (χ0) is 14.4. The first-order valence-corrected chi connectivity index (χ1v) is 6.44. The molecule has 0 saturated heterocycles. The van der Waals surface area contributed by atoms with Crippen LogP contribution in [0.2, 0.25) is 5.15 Å². The van der Waals surface area contributed by atoms with Gasteiger partial charge in [-0.15, -0.1) is 0 Å². The van der Waals surface area contributed by atoms with Crippen LogP contribution in [-0.4, -0.2) is 30.8 Å². The van der Waals surface area contributed by atoms with E-state index >= 15 is 0 Å². The lowest BCUT2D eigenvalue weighted by Crippen LogP contribution is -2.06. The normalized spacial score (nSPS) is 10.2. The van der Waals surface area contributed by atoms with Crippen LogP contribution >= 0.6 is 11.6 Å². The van der Waals surface area contributed by atoms with Crippen molar-refractivity contribution in [2.45, 2.75) is 6.42 Å². The summed E-state index contributed by atoms with van der Waals surface area (Å²) in [6.07, 6.45) is 0.523. The number of benzene rings is 1. The van der Waals surface area contributed by atoms with Crippen molar-refractivity contribution in [2.24, 2.45) is 0 Å². The number of halogens is 1. The Hall–Kier alpha value is -2.01. The van der Waals surface area contributed by atoms with Gasteiger partial charge in [-0.25, -0.2) is 4.98 Å². The van der Waals surface area contributed by atoms with Crippen molar-refractivity contribution in [3.05, 3.63) is 41.3 Å². The molecule has 0 spiro atoms. The maximum absolute atomic E-state index is 5.88. The van der Waals surface area contributed by atoms with Crippen molar-refractivity contribution >= 4 is 11.6 Å². The summed E-state index contributed by atoms with van der Waals surface area (Å²) in [5.41, 5.74) is 0. The van der Waals surface area contributed by atoms with Gasteiger partial charge in [0.05, 0.1) is 20.8 Å². The molecule has 2 aromatic rings. The van der Waals surface area contributed by atoms with E-state index in [1.165, 1.54) is 7.11 Å². The van der Waals surface area contributed by atoms with Gasteiger partial charge in [0.2, 0.25) is 5.88 Å². The van der Waals surface area contributed by atoms with E-state index < -0.39 is 0 Å². The standard InChI is InChI=1S/C14H15ClN2O3/c1-18-10-5-3-4-6-11(10)20-8-7-13-16-12(15)9-14(17-13)19-2/h3-6,9H,7-8H2,1-2H3. The van der Waals surface area contributed by atoms with Crippen molar-refractivity contribution in [2.75, 3.05) is 20.8 Å². The van der Waals surface area contributed by atoms with Crippen molar-refractivity contribution in [1.82, 2.24) is 9.97 Å². The van der Waals surface area contributed by atoms with Crippen LogP contribution in [0, 0.1) is 0 Å². The van der Waals surface area contributed by atoms with E-state index in [1.54, 1.807) is 13.2 Å². The topological polar surface area (TPSA) is 53.5 Å². The molecular weight excluding hydrogens is 280 g/mol. The first kappa shape index (κ1) is 14.4. The maximum atomic E-state index is 5.88. The third-order valence-electron chi connectivity index (χ3n) is 2.58. The number of rotatable bonds is 6. The number of nitrogens with zero attached hydrogens (tertiary/aromatic N) is 2. The number of ether oxygens (including phenoxy) is 3. The Kier molecular flexibility index (Phi) is 5.01. The Bertz CT molecular complexity index is 578. The number of hydrogen-bond donors (Lipinski definition) is 0. The van der Waals surface area contributed by atoms with Gasteiger partial charge in [0.15, 0.2) is 11.5 Å². The first-order valence-electron chi connectivity index (χ1n) is 6.06. The molecule has 0 aliphatic carbocycles. The van der Waals surface area contributed by atoms with E-state index in [1.807, 2.05) is 24.3 Å². The monoisotopic (exact) mass is 294 g/mol. The second-order valence-corrected chi connectivity index (χ2v) is 4.29. The minimum Gasteiger partial charge on any atom is -0.493 e. The smallest absolute Gasteiger partial charge is 0.217 e. The lowest BCUT2D eigenvalue weighted by molar-refractivity contribution is 0.294. The average Bonchev–Trinajstić information content (AvgIpc) is 2.47. The van der Waals surface area contributed by atoms with Gasteiger partial charge in [-0.2, -0.15) is 4.98 Å². The van der Waals surface area contributed by atoms with Gasteiger partial charge in [-0.05, 0) is 12.1 Å². The third kappa shape index (κ3) is 3.74. The maximum Gasteiger partial charge on any atom is 0.217 e. The summed E-state index contributed by atoms with van der Waals surface area (Å²) in [5.74, 6) is 2.39. The predicted octanol–water partition coefficient (Wildman–Crippen LogP) is 2.77. The molecule has 5 nitrogen and oxygen atoms in total. The van der Waals surface area contributed by atoms with Crippen molar-refractivity contribution < 1.29 is 14.2 Å². The molecule has 20 heavy (non-hydrogen) atoms. The molecule has 0 unspecified atom stereocenters. The van der Waals surface area contributed by atoms with Gasteiger partial charge in [-0.1, -0.05) is 23.7 Å². The summed E-state index contributed by atoms with van der Waals surface area (Å²) in [4.78, 5) is 8.32. The molecule has 0 N–H and O–H groups in total. The van der Waals surface area contributed by atoms with Gasteiger partial charge in [-0.3, -0.25) is 0 Å². The van der Waals surface area contributed by atoms with Crippen molar-refractivity contribution in [3.8, 4) is 17.4 Å². The fraction of sp³-hybridized carbons (Fsp3) is 0.286. The van der Waals surface area contributed by atoms with Crippen LogP contribution in [-0.2, 0) is 6.42 Å². The van der Waals surface area contributed by atoms with E-state index in [9.17, 15) is 0 Å². The van der Waals surface area contributed by atoms with Crippen LogP contribution < -0.4 is 14.2 Å². The van der Waals surface area contributed by atoms with E-state index in [0.717, 1.165) is 0 Å². The number of methoxy groups -OCH3 is 2. The lowest BCUT2D eigenvalue weighted by atomic mass is 10.3. The molecule has 1 aromatic heterocycles. The Morgan fingerprint density at radius 2 is 1.80 bits per heavy atom. The molecule has 0 radical (unpaired) electrons. The fourth-order valence-corrected chi connectivity index (χ4v) is 1.84. The van der Waals surface area contributed by atoms with Gasteiger partial charge in [0.25, 0.3) is 0 Å². The zero-order valence-electron chi connectivity index (χ0n) is 11.3. The number of para-hydroxylation sites is 2. The van der Waals surface area contributed by atoms with Crippen LogP contribution in [0.1, 0.15) is 5.82 Å². The zero-order valence-corrected chi connectivity index (χ0v) is 12.1. The van der Waals surface area contributed by atoms with E-state index in [4.69, 9.17) is 25.8 Å². The highest BCUT2D eigenvalue weighted by Gasteiger charge is 2.06. The summed E-state index contributed by atoms with van der Waals surface area (Å²) in [6, 6.07) is 9.02. The fourth-order valence-electron chi connectivity index (χ4n) is 1.65. The molecule has 6 heteroatoms. The molecular formula is C14H15ClN2O3. The molecule has 0 atom stereocenters. The third-order valence-corrected chi connectivity index (χ3v) is 2.77. The molecule has 106 valence electrons. The highest BCUT2D eigenvalue weighted by molar-refractivity contribution is 6.29. The quantitative estimate of drug-likeness (QED) is 0.767. The summed E-state index contributed by atoms with van der Waals surface area (Å²) in [6.45, 7) is 0.421. The largest absolute Gasteiger partial charge is 0.493 e. The SMILES string of the molecule is COc1cc(Cl)nc(CCOc2ccccc2OC)n1. The minimum atomic E-state index is 0.351. The van der Waals surface area contributed by atoms with Crippen LogP contribution in [0.5, 0.6) is 17.4 Å². The summed E-state index contributed by atoms with van der Waals surface area (Å²) < 4.78 is 15.9. The Labute approximate surface area is 122 Å². The van der Waals surface area contributed by atoms with Gasteiger partial charge >= 0.3 is 0 Å². The first-order chi connectivity index (χ1) is 9.72. The molecule has 1 aromatic carbocycles. The van der Waals surface area contributed by atoms with Gasteiger partial charge < -0.3 is 14.2 Å². The Morgan fingerprint density at radius 3 is 2.50 bits per heavy atom.